The highest BCUT2D eigenvalue weighted by Gasteiger charge is 2.26. The Labute approximate surface area is 101 Å². The predicted molar refractivity (Wildman–Crippen MR) is 69.4 cm³/mol. The molecule has 2 N–H and O–H groups in total. The molecule has 0 aromatic carbocycles. The lowest BCUT2D eigenvalue weighted by molar-refractivity contribution is 0.174. The van der Waals surface area contributed by atoms with Crippen molar-refractivity contribution in [3.63, 3.8) is 0 Å². The van der Waals surface area contributed by atoms with Gasteiger partial charge in [0.25, 0.3) is 0 Å². The molecule has 0 bridgehead atoms. The zero-order valence-electron chi connectivity index (χ0n) is 10.8. The van der Waals surface area contributed by atoms with Gasteiger partial charge in [-0.2, -0.15) is 0 Å². The maximum atomic E-state index is 6.36. The van der Waals surface area contributed by atoms with Gasteiger partial charge in [-0.05, 0) is 63.6 Å². The SMILES string of the molecule is CCN1CCC(CC(N)C2CCCC2)CC1. The molecule has 0 aromatic heterocycles. The van der Waals surface area contributed by atoms with Crippen LogP contribution in [0.4, 0.5) is 0 Å². The Kier molecular flexibility index (Phi) is 4.66. The van der Waals surface area contributed by atoms with Crippen molar-refractivity contribution in [3.8, 4) is 0 Å². The third-order valence-electron chi connectivity index (χ3n) is 4.77. The lowest BCUT2D eigenvalue weighted by atomic mass is 9.85. The van der Waals surface area contributed by atoms with Crippen LogP contribution in [-0.4, -0.2) is 30.6 Å². The molecule has 1 aliphatic heterocycles. The van der Waals surface area contributed by atoms with Gasteiger partial charge in [0.15, 0.2) is 0 Å². The summed E-state index contributed by atoms with van der Waals surface area (Å²) in [4.78, 5) is 2.57. The highest BCUT2D eigenvalue weighted by atomic mass is 15.1. The largest absolute Gasteiger partial charge is 0.327 e. The Morgan fingerprint density at radius 1 is 1.12 bits per heavy atom. The van der Waals surface area contributed by atoms with E-state index < -0.39 is 0 Å². The van der Waals surface area contributed by atoms with Crippen LogP contribution in [0.25, 0.3) is 0 Å². The topological polar surface area (TPSA) is 29.3 Å². The zero-order chi connectivity index (χ0) is 11.4. The van der Waals surface area contributed by atoms with E-state index in [1.54, 1.807) is 0 Å². The first-order valence-electron chi connectivity index (χ1n) is 7.27. The highest BCUT2D eigenvalue weighted by molar-refractivity contribution is 4.82. The molecule has 94 valence electrons. The standard InChI is InChI=1S/C14H28N2/c1-2-16-9-7-12(8-10-16)11-14(15)13-5-3-4-6-13/h12-14H,2-11,15H2,1H3. The van der Waals surface area contributed by atoms with Crippen molar-refractivity contribution in [2.24, 2.45) is 17.6 Å². The van der Waals surface area contributed by atoms with Crippen LogP contribution >= 0.6 is 0 Å². The van der Waals surface area contributed by atoms with Crippen LogP contribution < -0.4 is 5.73 Å². The van der Waals surface area contributed by atoms with Gasteiger partial charge >= 0.3 is 0 Å². The quantitative estimate of drug-likeness (QED) is 0.795. The van der Waals surface area contributed by atoms with E-state index in [9.17, 15) is 0 Å². The van der Waals surface area contributed by atoms with Crippen LogP contribution in [0.15, 0.2) is 0 Å². The summed E-state index contributed by atoms with van der Waals surface area (Å²) in [5.74, 6) is 1.77. The normalized spacial score (nSPS) is 27.4. The molecule has 16 heavy (non-hydrogen) atoms. The van der Waals surface area contributed by atoms with E-state index >= 15 is 0 Å². The monoisotopic (exact) mass is 224 g/mol. The van der Waals surface area contributed by atoms with E-state index in [0.717, 1.165) is 11.8 Å². The maximum absolute atomic E-state index is 6.36. The Hall–Kier alpha value is -0.0800. The van der Waals surface area contributed by atoms with Crippen LogP contribution in [-0.2, 0) is 0 Å². The molecular formula is C14H28N2. The summed E-state index contributed by atoms with van der Waals surface area (Å²) in [6.07, 6.45) is 9.70. The maximum Gasteiger partial charge on any atom is 0.00698 e. The summed E-state index contributed by atoms with van der Waals surface area (Å²) in [6, 6.07) is 0.501. The second kappa shape index (κ2) is 6.02. The fraction of sp³-hybridized carbons (Fsp3) is 1.00. The van der Waals surface area contributed by atoms with Gasteiger partial charge in [-0.25, -0.2) is 0 Å². The van der Waals surface area contributed by atoms with Gasteiger partial charge < -0.3 is 10.6 Å². The van der Waals surface area contributed by atoms with Crippen LogP contribution in [0.3, 0.4) is 0 Å². The summed E-state index contributed by atoms with van der Waals surface area (Å²) >= 11 is 0. The lowest BCUT2D eigenvalue weighted by Gasteiger charge is -2.33. The van der Waals surface area contributed by atoms with Gasteiger partial charge in [0.1, 0.15) is 0 Å². The first-order valence-corrected chi connectivity index (χ1v) is 7.27. The number of hydrogen-bond donors (Lipinski definition) is 1. The predicted octanol–water partition coefficient (Wildman–Crippen LogP) is 2.63. The van der Waals surface area contributed by atoms with Crippen molar-refractivity contribution in [2.45, 2.75) is 57.9 Å². The molecule has 2 fully saturated rings. The Balaban J connectivity index is 1.69. The highest BCUT2D eigenvalue weighted by Crippen LogP contribution is 2.31. The number of likely N-dealkylation sites (tertiary alicyclic amines) is 1. The number of nitrogens with two attached hydrogens (primary N) is 1. The molecule has 1 saturated carbocycles. The Morgan fingerprint density at radius 3 is 2.31 bits per heavy atom. The second-order valence-corrected chi connectivity index (χ2v) is 5.82. The van der Waals surface area contributed by atoms with Crippen molar-refractivity contribution in [2.75, 3.05) is 19.6 Å². The van der Waals surface area contributed by atoms with Crippen molar-refractivity contribution in [3.05, 3.63) is 0 Å². The van der Waals surface area contributed by atoms with E-state index in [-0.39, 0.29) is 0 Å². The number of nitrogens with zero attached hydrogens (tertiary/aromatic N) is 1. The Morgan fingerprint density at radius 2 is 1.75 bits per heavy atom. The van der Waals surface area contributed by atoms with Gasteiger partial charge in [0, 0.05) is 6.04 Å². The molecule has 1 atom stereocenters. The third kappa shape index (κ3) is 3.21. The molecule has 2 nitrogen and oxygen atoms in total. The summed E-state index contributed by atoms with van der Waals surface area (Å²) in [6.45, 7) is 6.10. The van der Waals surface area contributed by atoms with Gasteiger partial charge in [0.05, 0.1) is 0 Å². The molecule has 1 aliphatic carbocycles. The summed E-state index contributed by atoms with van der Waals surface area (Å²) in [7, 11) is 0. The fourth-order valence-corrected chi connectivity index (χ4v) is 3.50. The van der Waals surface area contributed by atoms with Crippen molar-refractivity contribution in [1.29, 1.82) is 0 Å². The average Bonchev–Trinajstić information content (AvgIpc) is 2.83. The van der Waals surface area contributed by atoms with Gasteiger partial charge in [-0.3, -0.25) is 0 Å². The van der Waals surface area contributed by atoms with E-state index in [1.165, 1.54) is 64.6 Å². The third-order valence-corrected chi connectivity index (χ3v) is 4.77. The molecule has 0 radical (unpaired) electrons. The van der Waals surface area contributed by atoms with E-state index in [2.05, 4.69) is 11.8 Å². The average molecular weight is 224 g/mol. The van der Waals surface area contributed by atoms with Gasteiger partial charge in [-0.15, -0.1) is 0 Å². The van der Waals surface area contributed by atoms with Gasteiger partial charge in [-0.1, -0.05) is 19.8 Å². The summed E-state index contributed by atoms with van der Waals surface area (Å²) < 4.78 is 0. The lowest BCUT2D eigenvalue weighted by Crippen LogP contribution is -2.37. The molecule has 2 rings (SSSR count). The molecule has 1 saturated heterocycles. The van der Waals surface area contributed by atoms with Crippen LogP contribution in [0.1, 0.15) is 51.9 Å². The minimum atomic E-state index is 0.501. The number of piperidine rings is 1. The number of hydrogen-bond acceptors (Lipinski definition) is 2. The Bertz CT molecular complexity index is 191. The summed E-state index contributed by atoms with van der Waals surface area (Å²) in [5, 5.41) is 0. The molecular weight excluding hydrogens is 196 g/mol. The van der Waals surface area contributed by atoms with E-state index in [0.29, 0.717) is 6.04 Å². The number of rotatable bonds is 4. The van der Waals surface area contributed by atoms with Crippen molar-refractivity contribution in [1.82, 2.24) is 4.90 Å². The molecule has 2 aliphatic rings. The smallest absolute Gasteiger partial charge is 0.00698 e. The van der Waals surface area contributed by atoms with Crippen LogP contribution in [0.5, 0.6) is 0 Å². The van der Waals surface area contributed by atoms with Crippen molar-refractivity contribution >= 4 is 0 Å². The first kappa shape index (κ1) is 12.4. The molecule has 0 spiro atoms. The summed E-state index contributed by atoms with van der Waals surface area (Å²) in [5.41, 5.74) is 6.36. The molecule has 1 unspecified atom stereocenters. The fourth-order valence-electron chi connectivity index (χ4n) is 3.50. The minimum Gasteiger partial charge on any atom is -0.327 e. The van der Waals surface area contributed by atoms with Crippen LogP contribution in [0.2, 0.25) is 0 Å². The minimum absolute atomic E-state index is 0.501. The van der Waals surface area contributed by atoms with E-state index in [1.807, 2.05) is 0 Å². The molecule has 2 heteroatoms. The zero-order valence-corrected chi connectivity index (χ0v) is 10.8. The van der Waals surface area contributed by atoms with Gasteiger partial charge in [0.2, 0.25) is 0 Å². The van der Waals surface area contributed by atoms with Crippen molar-refractivity contribution < 1.29 is 0 Å². The first-order chi connectivity index (χ1) is 7.79. The molecule has 0 amide bonds. The molecule has 0 aromatic rings. The molecule has 1 heterocycles. The second-order valence-electron chi connectivity index (χ2n) is 5.82. The van der Waals surface area contributed by atoms with E-state index in [4.69, 9.17) is 5.73 Å². The van der Waals surface area contributed by atoms with Crippen LogP contribution in [0, 0.1) is 11.8 Å².